The molecule has 2 rings (SSSR count). The molecule has 1 aliphatic heterocycles. The fourth-order valence-corrected chi connectivity index (χ4v) is 1.30. The van der Waals surface area contributed by atoms with Crippen LogP contribution in [0.1, 0.15) is 5.56 Å². The number of hydrogen-bond donors (Lipinski definition) is 2. The van der Waals surface area contributed by atoms with E-state index in [0.29, 0.717) is 16.8 Å². The molecule has 4 heteroatoms. The number of benzene rings is 1. The lowest BCUT2D eigenvalue weighted by molar-refractivity contribution is 0.166. The summed E-state index contributed by atoms with van der Waals surface area (Å²) in [5.41, 5.74) is 7.70. The molecule has 0 bridgehead atoms. The summed E-state index contributed by atoms with van der Waals surface area (Å²) in [6, 6.07) is 6.98. The van der Waals surface area contributed by atoms with Gasteiger partial charge in [0, 0.05) is 11.1 Å². The first kappa shape index (κ1) is 8.62. The van der Waals surface area contributed by atoms with Crippen LogP contribution in [0.25, 0.3) is 5.57 Å². The molecule has 0 fully saturated rings. The van der Waals surface area contributed by atoms with Crippen molar-refractivity contribution in [2.24, 2.45) is 10.9 Å². The third-order valence-corrected chi connectivity index (χ3v) is 2.02. The maximum absolute atomic E-state index is 9.59. The summed E-state index contributed by atoms with van der Waals surface area (Å²) in [5.74, 6) is 0.193. The lowest BCUT2D eigenvalue weighted by Gasteiger charge is -2.12. The van der Waals surface area contributed by atoms with Gasteiger partial charge in [0.1, 0.15) is 5.75 Å². The van der Waals surface area contributed by atoms with Crippen LogP contribution < -0.4 is 5.73 Å². The van der Waals surface area contributed by atoms with Crippen molar-refractivity contribution in [1.29, 1.82) is 0 Å². The van der Waals surface area contributed by atoms with E-state index in [-0.39, 0.29) is 12.4 Å². The third kappa shape index (κ3) is 1.42. The molecule has 14 heavy (non-hydrogen) atoms. The van der Waals surface area contributed by atoms with Crippen molar-refractivity contribution in [1.82, 2.24) is 0 Å². The number of oxime groups is 1. The monoisotopic (exact) mass is 190 g/mol. The van der Waals surface area contributed by atoms with Crippen LogP contribution in [0.15, 0.2) is 35.1 Å². The van der Waals surface area contributed by atoms with Gasteiger partial charge in [-0.2, -0.15) is 0 Å². The number of rotatable bonds is 1. The highest BCUT2D eigenvalue weighted by Crippen LogP contribution is 2.25. The fraction of sp³-hybridized carbons (Fsp3) is 0.100. The maximum atomic E-state index is 9.59. The van der Waals surface area contributed by atoms with Crippen molar-refractivity contribution in [3.8, 4) is 5.75 Å². The van der Waals surface area contributed by atoms with Gasteiger partial charge in [0.2, 0.25) is 0 Å². The minimum Gasteiger partial charge on any atom is -0.507 e. The first-order valence-electron chi connectivity index (χ1n) is 4.21. The molecule has 0 amide bonds. The van der Waals surface area contributed by atoms with E-state index in [0.717, 1.165) is 0 Å². The van der Waals surface area contributed by atoms with Gasteiger partial charge < -0.3 is 15.7 Å². The first-order chi connectivity index (χ1) is 6.79. The summed E-state index contributed by atoms with van der Waals surface area (Å²) >= 11 is 0. The normalized spacial score (nSPS) is 15.4. The van der Waals surface area contributed by atoms with Crippen LogP contribution in [0.4, 0.5) is 0 Å². The fourth-order valence-electron chi connectivity index (χ4n) is 1.30. The lowest BCUT2D eigenvalue weighted by atomic mass is 10.0. The van der Waals surface area contributed by atoms with Crippen molar-refractivity contribution in [2.45, 2.75) is 0 Å². The Morgan fingerprint density at radius 3 is 2.86 bits per heavy atom. The number of nitrogens with two attached hydrogens (primary N) is 1. The van der Waals surface area contributed by atoms with Gasteiger partial charge >= 0.3 is 0 Å². The first-order valence-corrected chi connectivity index (χ1v) is 4.21. The van der Waals surface area contributed by atoms with Crippen molar-refractivity contribution in [3.05, 3.63) is 35.5 Å². The minimum atomic E-state index is 0.193. The highest BCUT2D eigenvalue weighted by Gasteiger charge is 2.12. The van der Waals surface area contributed by atoms with Gasteiger partial charge in [-0.15, -0.1) is 0 Å². The van der Waals surface area contributed by atoms with Crippen LogP contribution in [-0.4, -0.2) is 17.9 Å². The average Bonchev–Trinajstić information content (AvgIpc) is 2.20. The van der Waals surface area contributed by atoms with Gasteiger partial charge in [-0.1, -0.05) is 23.4 Å². The quantitative estimate of drug-likeness (QED) is 0.696. The standard InChI is InChI=1S/C10H10N2O2/c11-9-6-14-12-5-8(9)7-3-1-2-4-10(7)13/h1-5,13H,6,11H2. The van der Waals surface area contributed by atoms with Gasteiger partial charge in [0.15, 0.2) is 6.61 Å². The number of hydrogen-bond acceptors (Lipinski definition) is 4. The lowest BCUT2D eigenvalue weighted by Crippen LogP contribution is -2.12. The van der Waals surface area contributed by atoms with Crippen LogP contribution in [0.5, 0.6) is 5.75 Å². The van der Waals surface area contributed by atoms with Crippen LogP contribution in [0, 0.1) is 0 Å². The average molecular weight is 190 g/mol. The van der Waals surface area contributed by atoms with Gasteiger partial charge in [-0.25, -0.2) is 0 Å². The Labute approximate surface area is 81.3 Å². The summed E-state index contributed by atoms with van der Waals surface area (Å²) < 4.78 is 0. The molecule has 0 spiro atoms. The Hall–Kier alpha value is -1.97. The molecule has 3 N–H and O–H groups in total. The van der Waals surface area contributed by atoms with E-state index in [1.54, 1.807) is 18.2 Å². The van der Waals surface area contributed by atoms with Crippen LogP contribution in [0.3, 0.4) is 0 Å². The van der Waals surface area contributed by atoms with E-state index in [9.17, 15) is 5.11 Å². The molecule has 0 aliphatic carbocycles. The molecule has 4 nitrogen and oxygen atoms in total. The molecular weight excluding hydrogens is 180 g/mol. The largest absolute Gasteiger partial charge is 0.507 e. The van der Waals surface area contributed by atoms with Gasteiger partial charge in [0.25, 0.3) is 0 Å². The Morgan fingerprint density at radius 2 is 2.14 bits per heavy atom. The van der Waals surface area contributed by atoms with Crippen molar-refractivity contribution in [3.63, 3.8) is 0 Å². The molecule has 1 aliphatic rings. The maximum Gasteiger partial charge on any atom is 0.157 e. The summed E-state index contributed by atoms with van der Waals surface area (Å²) in [6.45, 7) is 0.264. The molecule has 1 aromatic rings. The second-order valence-corrected chi connectivity index (χ2v) is 2.96. The molecular formula is C10H10N2O2. The molecule has 1 heterocycles. The predicted octanol–water partition coefficient (Wildman–Crippen LogP) is 1.08. The van der Waals surface area contributed by atoms with Crippen molar-refractivity contribution < 1.29 is 9.94 Å². The van der Waals surface area contributed by atoms with Gasteiger partial charge in [-0.05, 0) is 6.07 Å². The molecule has 0 atom stereocenters. The Bertz CT molecular complexity index is 410. The van der Waals surface area contributed by atoms with Crippen LogP contribution in [0.2, 0.25) is 0 Å². The second kappa shape index (κ2) is 3.41. The number of allylic oxidation sites excluding steroid dienone is 1. The molecule has 0 radical (unpaired) electrons. The molecule has 1 aromatic carbocycles. The van der Waals surface area contributed by atoms with Gasteiger partial charge in [0.05, 0.1) is 11.9 Å². The number of nitrogens with zero attached hydrogens (tertiary/aromatic N) is 1. The summed E-state index contributed by atoms with van der Waals surface area (Å²) in [5, 5.41) is 13.2. The smallest absolute Gasteiger partial charge is 0.157 e. The molecule has 0 aromatic heterocycles. The zero-order chi connectivity index (χ0) is 9.97. The van der Waals surface area contributed by atoms with Crippen molar-refractivity contribution >= 4 is 11.8 Å². The highest BCUT2D eigenvalue weighted by molar-refractivity contribution is 6.12. The van der Waals surface area contributed by atoms with E-state index < -0.39 is 0 Å². The zero-order valence-electron chi connectivity index (χ0n) is 7.47. The molecule has 0 saturated heterocycles. The zero-order valence-corrected chi connectivity index (χ0v) is 7.47. The summed E-state index contributed by atoms with van der Waals surface area (Å²) in [7, 11) is 0. The predicted molar refractivity (Wildman–Crippen MR) is 53.7 cm³/mol. The number of phenolic OH excluding ortho intramolecular Hbond substituents is 1. The Balaban J connectivity index is 2.49. The van der Waals surface area contributed by atoms with E-state index >= 15 is 0 Å². The SMILES string of the molecule is NC1=C(c2ccccc2O)C=NOC1. The third-order valence-electron chi connectivity index (χ3n) is 2.02. The molecule has 0 saturated carbocycles. The number of aromatic hydroxyl groups is 1. The second-order valence-electron chi connectivity index (χ2n) is 2.96. The Kier molecular flexibility index (Phi) is 2.10. The van der Waals surface area contributed by atoms with E-state index in [2.05, 4.69) is 5.16 Å². The van der Waals surface area contributed by atoms with E-state index in [1.165, 1.54) is 6.21 Å². The molecule has 72 valence electrons. The van der Waals surface area contributed by atoms with E-state index in [1.807, 2.05) is 6.07 Å². The van der Waals surface area contributed by atoms with Crippen LogP contribution >= 0.6 is 0 Å². The van der Waals surface area contributed by atoms with E-state index in [4.69, 9.17) is 10.6 Å². The topological polar surface area (TPSA) is 67.8 Å². The van der Waals surface area contributed by atoms with Crippen LogP contribution in [-0.2, 0) is 4.84 Å². The highest BCUT2D eigenvalue weighted by atomic mass is 16.6. The summed E-state index contributed by atoms with van der Waals surface area (Å²) in [6.07, 6.45) is 1.51. The number of para-hydroxylation sites is 1. The minimum absolute atomic E-state index is 0.193. The Morgan fingerprint density at radius 1 is 1.36 bits per heavy atom. The molecule has 0 unspecified atom stereocenters. The summed E-state index contributed by atoms with van der Waals surface area (Å²) in [4.78, 5) is 4.78. The van der Waals surface area contributed by atoms with Crippen molar-refractivity contribution in [2.75, 3.05) is 6.61 Å². The van der Waals surface area contributed by atoms with Gasteiger partial charge in [-0.3, -0.25) is 0 Å². The number of phenols is 1.